The maximum Gasteiger partial charge on any atom is 0.122 e. The Hall–Kier alpha value is -0.520. The van der Waals surface area contributed by atoms with Crippen LogP contribution in [0.4, 0.5) is 0 Å². The summed E-state index contributed by atoms with van der Waals surface area (Å²) in [5.74, 6) is 2.50. The van der Waals surface area contributed by atoms with Gasteiger partial charge in [-0.05, 0) is 20.3 Å². The zero-order valence-electron chi connectivity index (χ0n) is 6.55. The Morgan fingerprint density at radius 1 is 1.60 bits per heavy atom. The molecule has 0 aliphatic rings. The summed E-state index contributed by atoms with van der Waals surface area (Å²) >= 11 is 0. The Labute approximate surface area is 62.2 Å². The highest BCUT2D eigenvalue weighted by molar-refractivity contribution is 5.02. The molecule has 0 spiro atoms. The predicted molar refractivity (Wildman–Crippen MR) is 40.6 cm³/mol. The maximum atomic E-state index is 8.40. The molecular formula is C8H14O2. The SMILES string of the molecule is C#CC(C)(C)OCCCO. The summed E-state index contributed by atoms with van der Waals surface area (Å²) in [6.45, 7) is 4.32. The van der Waals surface area contributed by atoms with Gasteiger partial charge in [0, 0.05) is 6.61 Å². The third kappa shape index (κ3) is 4.37. The van der Waals surface area contributed by atoms with Crippen molar-refractivity contribution in [3.05, 3.63) is 0 Å². The standard InChI is InChI=1S/C8H14O2/c1-4-8(2,3)10-7-5-6-9/h1,9H,5-7H2,2-3H3. The summed E-state index contributed by atoms with van der Waals surface area (Å²) in [7, 11) is 0. The van der Waals surface area contributed by atoms with Crippen LogP contribution in [0.25, 0.3) is 0 Å². The number of hydrogen-bond acceptors (Lipinski definition) is 2. The lowest BCUT2D eigenvalue weighted by Crippen LogP contribution is -2.22. The van der Waals surface area contributed by atoms with E-state index in [9.17, 15) is 0 Å². The third-order valence-corrected chi connectivity index (χ3v) is 1.11. The molecule has 0 fully saturated rings. The molecule has 0 atom stereocenters. The smallest absolute Gasteiger partial charge is 0.122 e. The summed E-state index contributed by atoms with van der Waals surface area (Å²) in [6.07, 6.45) is 5.79. The summed E-state index contributed by atoms with van der Waals surface area (Å²) in [6, 6.07) is 0. The van der Waals surface area contributed by atoms with Crippen molar-refractivity contribution in [1.82, 2.24) is 0 Å². The quantitative estimate of drug-likeness (QED) is 0.464. The van der Waals surface area contributed by atoms with Crippen molar-refractivity contribution in [2.45, 2.75) is 25.9 Å². The second-order valence-electron chi connectivity index (χ2n) is 2.58. The summed E-state index contributed by atoms with van der Waals surface area (Å²) in [5.41, 5.74) is -0.491. The lowest BCUT2D eigenvalue weighted by atomic mass is 10.1. The van der Waals surface area contributed by atoms with Crippen LogP contribution in [0.3, 0.4) is 0 Å². The summed E-state index contributed by atoms with van der Waals surface area (Å²) in [5, 5.41) is 8.40. The first kappa shape index (κ1) is 9.48. The molecule has 0 saturated carbocycles. The minimum atomic E-state index is -0.491. The molecule has 0 saturated heterocycles. The highest BCUT2D eigenvalue weighted by atomic mass is 16.5. The first-order valence-corrected chi connectivity index (χ1v) is 3.35. The zero-order chi connectivity index (χ0) is 8.04. The van der Waals surface area contributed by atoms with Gasteiger partial charge < -0.3 is 9.84 Å². The normalized spacial score (nSPS) is 11.0. The Morgan fingerprint density at radius 3 is 2.60 bits per heavy atom. The number of aliphatic hydroxyl groups is 1. The molecule has 0 aromatic heterocycles. The van der Waals surface area contributed by atoms with Gasteiger partial charge in [-0.2, -0.15) is 0 Å². The van der Waals surface area contributed by atoms with Gasteiger partial charge in [-0.1, -0.05) is 5.92 Å². The largest absolute Gasteiger partial charge is 0.396 e. The monoisotopic (exact) mass is 142 g/mol. The van der Waals surface area contributed by atoms with Crippen LogP contribution in [-0.4, -0.2) is 23.9 Å². The van der Waals surface area contributed by atoms with Gasteiger partial charge in [0.05, 0.1) is 6.61 Å². The zero-order valence-corrected chi connectivity index (χ0v) is 6.55. The molecule has 0 aliphatic carbocycles. The number of aliphatic hydroxyl groups excluding tert-OH is 1. The first-order chi connectivity index (χ1) is 4.62. The number of ether oxygens (including phenoxy) is 1. The van der Waals surface area contributed by atoms with Gasteiger partial charge in [-0.15, -0.1) is 6.42 Å². The fourth-order valence-electron chi connectivity index (χ4n) is 0.434. The van der Waals surface area contributed by atoms with Crippen LogP contribution >= 0.6 is 0 Å². The average molecular weight is 142 g/mol. The van der Waals surface area contributed by atoms with Gasteiger partial charge in [0.2, 0.25) is 0 Å². The lowest BCUT2D eigenvalue weighted by Gasteiger charge is -2.17. The van der Waals surface area contributed by atoms with E-state index in [1.807, 2.05) is 13.8 Å². The molecule has 0 rings (SSSR count). The van der Waals surface area contributed by atoms with E-state index < -0.39 is 5.60 Å². The van der Waals surface area contributed by atoms with Crippen LogP contribution in [-0.2, 0) is 4.74 Å². The van der Waals surface area contributed by atoms with Crippen molar-refractivity contribution in [3.8, 4) is 12.3 Å². The molecular weight excluding hydrogens is 128 g/mol. The second kappa shape index (κ2) is 4.32. The van der Waals surface area contributed by atoms with Crippen LogP contribution in [0.1, 0.15) is 20.3 Å². The molecule has 0 heterocycles. The van der Waals surface area contributed by atoms with Gasteiger partial charge in [0.1, 0.15) is 5.60 Å². The highest BCUT2D eigenvalue weighted by Gasteiger charge is 2.12. The van der Waals surface area contributed by atoms with Crippen molar-refractivity contribution < 1.29 is 9.84 Å². The van der Waals surface area contributed by atoms with Gasteiger partial charge in [0.25, 0.3) is 0 Å². The molecule has 0 unspecified atom stereocenters. The van der Waals surface area contributed by atoms with Crippen LogP contribution in [0.2, 0.25) is 0 Å². The summed E-state index contributed by atoms with van der Waals surface area (Å²) in [4.78, 5) is 0. The minimum absolute atomic E-state index is 0.153. The first-order valence-electron chi connectivity index (χ1n) is 3.35. The molecule has 0 amide bonds. The van der Waals surface area contributed by atoms with Gasteiger partial charge in [-0.25, -0.2) is 0 Å². The van der Waals surface area contributed by atoms with Crippen LogP contribution < -0.4 is 0 Å². The highest BCUT2D eigenvalue weighted by Crippen LogP contribution is 2.06. The van der Waals surface area contributed by atoms with Crippen molar-refractivity contribution in [2.24, 2.45) is 0 Å². The number of terminal acetylenes is 1. The average Bonchev–Trinajstić information content (AvgIpc) is 1.89. The Bertz CT molecular complexity index is 122. The second-order valence-corrected chi connectivity index (χ2v) is 2.58. The predicted octanol–water partition coefficient (Wildman–Crippen LogP) is 0.797. The molecule has 0 radical (unpaired) electrons. The van der Waals surface area contributed by atoms with Crippen molar-refractivity contribution in [2.75, 3.05) is 13.2 Å². The number of rotatable bonds is 4. The van der Waals surface area contributed by atoms with E-state index in [0.29, 0.717) is 13.0 Å². The fraction of sp³-hybridized carbons (Fsp3) is 0.750. The van der Waals surface area contributed by atoms with Gasteiger partial charge in [0.15, 0.2) is 0 Å². The third-order valence-electron chi connectivity index (χ3n) is 1.11. The van der Waals surface area contributed by atoms with Gasteiger partial charge in [-0.3, -0.25) is 0 Å². The van der Waals surface area contributed by atoms with Crippen molar-refractivity contribution in [3.63, 3.8) is 0 Å². The molecule has 0 aromatic carbocycles. The van der Waals surface area contributed by atoms with E-state index in [1.165, 1.54) is 0 Å². The fourth-order valence-corrected chi connectivity index (χ4v) is 0.434. The Balaban J connectivity index is 3.40. The molecule has 0 aliphatic heterocycles. The summed E-state index contributed by atoms with van der Waals surface area (Å²) < 4.78 is 5.22. The minimum Gasteiger partial charge on any atom is -0.396 e. The Kier molecular flexibility index (Phi) is 4.10. The van der Waals surface area contributed by atoms with Crippen molar-refractivity contribution in [1.29, 1.82) is 0 Å². The molecule has 0 aromatic rings. The topological polar surface area (TPSA) is 29.5 Å². The molecule has 1 N–H and O–H groups in total. The van der Waals surface area contributed by atoms with Crippen LogP contribution in [0.5, 0.6) is 0 Å². The van der Waals surface area contributed by atoms with E-state index in [4.69, 9.17) is 16.3 Å². The Morgan fingerprint density at radius 2 is 2.20 bits per heavy atom. The van der Waals surface area contributed by atoms with E-state index in [-0.39, 0.29) is 6.61 Å². The molecule has 58 valence electrons. The van der Waals surface area contributed by atoms with E-state index >= 15 is 0 Å². The van der Waals surface area contributed by atoms with Crippen molar-refractivity contribution >= 4 is 0 Å². The van der Waals surface area contributed by atoms with E-state index in [0.717, 1.165) is 0 Å². The lowest BCUT2D eigenvalue weighted by molar-refractivity contribution is 0.0196. The maximum absolute atomic E-state index is 8.40. The molecule has 2 nitrogen and oxygen atoms in total. The number of hydrogen-bond donors (Lipinski definition) is 1. The van der Waals surface area contributed by atoms with E-state index in [1.54, 1.807) is 0 Å². The van der Waals surface area contributed by atoms with Gasteiger partial charge >= 0.3 is 0 Å². The van der Waals surface area contributed by atoms with Crippen LogP contribution in [0.15, 0.2) is 0 Å². The molecule has 2 heteroatoms. The molecule has 10 heavy (non-hydrogen) atoms. The molecule has 0 bridgehead atoms. The van der Waals surface area contributed by atoms with E-state index in [2.05, 4.69) is 5.92 Å². The van der Waals surface area contributed by atoms with Crippen LogP contribution in [0, 0.1) is 12.3 Å².